The number of hydrogen-bond donors (Lipinski definition) is 1. The second-order valence-electron chi connectivity index (χ2n) is 11.1. The monoisotopic (exact) mass is 634 g/mol. The van der Waals surface area contributed by atoms with E-state index >= 15 is 0 Å². The molecule has 0 saturated carbocycles. The molecule has 2 atom stereocenters. The molecule has 214 valence electrons. The van der Waals surface area contributed by atoms with Gasteiger partial charge in [-0.1, -0.05) is 83.5 Å². The van der Waals surface area contributed by atoms with E-state index in [4.69, 9.17) is 4.74 Å². The molecular formula is C35H27BrN2O5. The van der Waals surface area contributed by atoms with Gasteiger partial charge in [0.05, 0.1) is 23.1 Å². The SMILES string of the molecule is CCc1cc(Br)ccc1NC(=O)COC(=O)c1ccccc1N1C(=O)[C@H]2C3c4ccccc4C(c4ccccc43)[C@@H]2C1=O. The number of halogens is 1. The van der Waals surface area contributed by atoms with Gasteiger partial charge in [0.15, 0.2) is 6.61 Å². The van der Waals surface area contributed by atoms with E-state index in [-0.39, 0.29) is 34.9 Å². The maximum Gasteiger partial charge on any atom is 0.340 e. The summed E-state index contributed by atoms with van der Waals surface area (Å²) in [5.41, 5.74) is 6.10. The molecule has 8 rings (SSSR count). The van der Waals surface area contributed by atoms with E-state index in [1.807, 2.05) is 67.6 Å². The maximum absolute atomic E-state index is 14.2. The fourth-order valence-electron chi connectivity index (χ4n) is 7.13. The Morgan fingerprint density at radius 3 is 1.88 bits per heavy atom. The van der Waals surface area contributed by atoms with Gasteiger partial charge >= 0.3 is 5.97 Å². The fraction of sp³-hybridized carbons (Fsp3) is 0.200. The van der Waals surface area contributed by atoms with E-state index in [1.165, 1.54) is 11.0 Å². The van der Waals surface area contributed by atoms with Gasteiger partial charge in [-0.15, -0.1) is 0 Å². The number of para-hydroxylation sites is 1. The Bertz CT molecular complexity index is 1720. The van der Waals surface area contributed by atoms with Crippen molar-refractivity contribution in [3.05, 3.63) is 129 Å². The number of rotatable bonds is 6. The lowest BCUT2D eigenvalue weighted by atomic mass is 9.55. The van der Waals surface area contributed by atoms with Gasteiger partial charge in [0.25, 0.3) is 5.91 Å². The third-order valence-corrected chi connectivity index (χ3v) is 9.36. The van der Waals surface area contributed by atoms with Crippen molar-refractivity contribution in [2.24, 2.45) is 11.8 Å². The summed E-state index contributed by atoms with van der Waals surface area (Å²) in [7, 11) is 0. The molecule has 4 aromatic rings. The number of benzene rings is 4. The first kappa shape index (κ1) is 27.3. The standard InChI is InChI=1S/C35H27BrN2O5/c1-2-19-17-20(36)15-16-26(19)37-28(39)18-43-35(42)25-13-7-8-14-27(25)38-33(40)31-29-21-9-3-4-10-22(21)30(32(31)34(38)41)24-12-6-5-11-23(24)29/h3-17,29-32H,2,18H2,1H3,(H,37,39)/t29?,30?,31-,32-/m0/s1. The van der Waals surface area contributed by atoms with Crippen LogP contribution in [0.1, 0.15) is 56.9 Å². The zero-order chi connectivity index (χ0) is 29.8. The predicted octanol–water partition coefficient (Wildman–Crippen LogP) is 6.20. The van der Waals surface area contributed by atoms with Crippen molar-refractivity contribution < 1.29 is 23.9 Å². The first-order valence-corrected chi connectivity index (χ1v) is 15.1. The minimum Gasteiger partial charge on any atom is -0.452 e. The van der Waals surface area contributed by atoms with Gasteiger partial charge in [-0.05, 0) is 64.6 Å². The third kappa shape index (κ3) is 4.31. The van der Waals surface area contributed by atoms with Gasteiger partial charge in [0.2, 0.25) is 11.8 Å². The molecule has 1 aliphatic heterocycles. The number of imide groups is 1. The van der Waals surface area contributed by atoms with Crippen LogP contribution < -0.4 is 10.2 Å². The van der Waals surface area contributed by atoms with E-state index in [2.05, 4.69) is 21.2 Å². The number of ether oxygens (including phenoxy) is 1. The summed E-state index contributed by atoms with van der Waals surface area (Å²) in [6, 6.07) is 28.0. The van der Waals surface area contributed by atoms with E-state index in [0.29, 0.717) is 12.1 Å². The van der Waals surface area contributed by atoms with Crippen LogP contribution in [0.25, 0.3) is 0 Å². The summed E-state index contributed by atoms with van der Waals surface area (Å²) >= 11 is 3.43. The van der Waals surface area contributed by atoms with Gasteiger partial charge in [0.1, 0.15) is 0 Å². The Hall–Kier alpha value is -4.56. The van der Waals surface area contributed by atoms with Crippen LogP contribution in [-0.2, 0) is 25.5 Å². The molecule has 2 bridgehead atoms. The quantitative estimate of drug-likeness (QED) is 0.201. The fourth-order valence-corrected chi connectivity index (χ4v) is 7.54. The lowest BCUT2D eigenvalue weighted by Gasteiger charge is -2.45. The first-order valence-electron chi connectivity index (χ1n) is 14.3. The van der Waals surface area contributed by atoms with E-state index in [9.17, 15) is 19.2 Å². The summed E-state index contributed by atoms with van der Waals surface area (Å²) < 4.78 is 6.30. The van der Waals surface area contributed by atoms with Crippen molar-refractivity contribution >= 4 is 51.0 Å². The van der Waals surface area contributed by atoms with Gasteiger partial charge in [-0.25, -0.2) is 9.69 Å². The average Bonchev–Trinajstić information content (AvgIpc) is 3.30. The zero-order valence-corrected chi connectivity index (χ0v) is 24.8. The van der Waals surface area contributed by atoms with Crippen molar-refractivity contribution in [1.82, 2.24) is 0 Å². The number of carbonyl (C=O) groups is 4. The van der Waals surface area contributed by atoms with Crippen LogP contribution in [0.3, 0.4) is 0 Å². The predicted molar refractivity (Wildman–Crippen MR) is 165 cm³/mol. The van der Waals surface area contributed by atoms with E-state index in [1.54, 1.807) is 24.3 Å². The number of anilines is 2. The second kappa shape index (κ2) is 10.6. The molecular weight excluding hydrogens is 608 g/mol. The molecule has 0 aromatic heterocycles. The number of nitrogens with one attached hydrogen (secondary N) is 1. The van der Waals surface area contributed by atoms with Crippen LogP contribution in [-0.4, -0.2) is 30.3 Å². The van der Waals surface area contributed by atoms with Crippen molar-refractivity contribution in [3.63, 3.8) is 0 Å². The summed E-state index contributed by atoms with van der Waals surface area (Å²) in [5, 5.41) is 2.79. The molecule has 1 saturated heterocycles. The van der Waals surface area contributed by atoms with Crippen molar-refractivity contribution in [1.29, 1.82) is 0 Å². The summed E-state index contributed by atoms with van der Waals surface area (Å²) in [5.74, 6) is -3.58. The Balaban J connectivity index is 1.16. The topological polar surface area (TPSA) is 92.8 Å². The Kier molecular flexibility index (Phi) is 6.73. The van der Waals surface area contributed by atoms with E-state index in [0.717, 1.165) is 32.3 Å². The number of amides is 3. The Morgan fingerprint density at radius 2 is 1.33 bits per heavy atom. The van der Waals surface area contributed by atoms with Crippen LogP contribution in [0.5, 0.6) is 0 Å². The maximum atomic E-state index is 14.2. The molecule has 1 fully saturated rings. The average molecular weight is 636 g/mol. The van der Waals surface area contributed by atoms with Crippen LogP contribution in [0.4, 0.5) is 11.4 Å². The van der Waals surface area contributed by atoms with E-state index < -0.39 is 30.3 Å². The third-order valence-electron chi connectivity index (χ3n) is 8.87. The van der Waals surface area contributed by atoms with Crippen LogP contribution in [0.15, 0.2) is 95.5 Å². The molecule has 1 heterocycles. The summed E-state index contributed by atoms with van der Waals surface area (Å²) in [4.78, 5) is 55.5. The van der Waals surface area contributed by atoms with Gasteiger partial charge in [-0.2, -0.15) is 0 Å². The van der Waals surface area contributed by atoms with Gasteiger partial charge < -0.3 is 10.1 Å². The highest BCUT2D eigenvalue weighted by Crippen LogP contribution is 2.61. The molecule has 0 unspecified atom stereocenters. The minimum absolute atomic E-state index is 0.0518. The molecule has 0 radical (unpaired) electrons. The number of nitrogens with zero attached hydrogens (tertiary/aromatic N) is 1. The first-order chi connectivity index (χ1) is 20.9. The smallest absolute Gasteiger partial charge is 0.340 e. The van der Waals surface area contributed by atoms with Crippen molar-refractivity contribution in [3.8, 4) is 0 Å². The van der Waals surface area contributed by atoms with Crippen molar-refractivity contribution in [2.75, 3.05) is 16.8 Å². The molecule has 43 heavy (non-hydrogen) atoms. The highest BCUT2D eigenvalue weighted by molar-refractivity contribution is 9.10. The lowest BCUT2D eigenvalue weighted by Crippen LogP contribution is -2.41. The van der Waals surface area contributed by atoms with Crippen LogP contribution in [0.2, 0.25) is 0 Å². The molecule has 3 amide bonds. The normalized spacial score (nSPS) is 21.2. The Morgan fingerprint density at radius 1 is 0.791 bits per heavy atom. The molecule has 4 aromatic carbocycles. The van der Waals surface area contributed by atoms with Crippen LogP contribution in [0, 0.1) is 11.8 Å². The zero-order valence-electron chi connectivity index (χ0n) is 23.3. The molecule has 8 heteroatoms. The highest BCUT2D eigenvalue weighted by atomic mass is 79.9. The number of aryl methyl sites for hydroxylation is 1. The highest BCUT2D eigenvalue weighted by Gasteiger charge is 2.62. The van der Waals surface area contributed by atoms with Gasteiger partial charge in [-0.3, -0.25) is 14.4 Å². The van der Waals surface area contributed by atoms with Crippen LogP contribution >= 0.6 is 15.9 Å². The molecule has 1 N–H and O–H groups in total. The molecule has 3 aliphatic carbocycles. The minimum atomic E-state index is -0.790. The second-order valence-corrected chi connectivity index (χ2v) is 12.0. The number of carbonyl (C=O) groups excluding carboxylic acids is 4. The molecule has 0 spiro atoms. The largest absolute Gasteiger partial charge is 0.452 e. The Labute approximate surface area is 257 Å². The lowest BCUT2D eigenvalue weighted by molar-refractivity contribution is -0.122. The van der Waals surface area contributed by atoms with Gasteiger partial charge in [0, 0.05) is 22.0 Å². The van der Waals surface area contributed by atoms with Crippen molar-refractivity contribution in [2.45, 2.75) is 25.2 Å². The number of esters is 1. The summed E-state index contributed by atoms with van der Waals surface area (Å²) in [6.07, 6.45) is 0.708. The molecule has 4 aliphatic rings. The summed E-state index contributed by atoms with van der Waals surface area (Å²) in [6.45, 7) is 1.46. The number of hydrogen-bond acceptors (Lipinski definition) is 5. The molecule has 7 nitrogen and oxygen atoms in total.